The first-order valence-electron chi connectivity index (χ1n) is 8.60. The van der Waals surface area contributed by atoms with Crippen LogP contribution in [-0.4, -0.2) is 50.1 Å². The van der Waals surface area contributed by atoms with Crippen molar-refractivity contribution in [3.05, 3.63) is 11.6 Å². The molecule has 1 saturated heterocycles. The molecule has 2 aliphatic heterocycles. The van der Waals surface area contributed by atoms with Crippen LogP contribution in [0.15, 0.2) is 11.6 Å². The minimum Gasteiger partial charge on any atom is -0.306 e. The number of nitrogens with zero attached hydrogens (tertiary/aromatic N) is 2. The summed E-state index contributed by atoms with van der Waals surface area (Å²) in [5.74, 6) is 0.978. The summed E-state index contributed by atoms with van der Waals surface area (Å²) >= 11 is 0. The number of hydrogen-bond donors (Lipinski definition) is 0. The molecule has 2 heteroatoms. The fourth-order valence-corrected chi connectivity index (χ4v) is 2.01. The van der Waals surface area contributed by atoms with Crippen LogP contribution in [0.4, 0.5) is 0 Å². The lowest BCUT2D eigenvalue weighted by molar-refractivity contribution is 0.230. The molecule has 2 aliphatic rings. The molecule has 2 rings (SSSR count). The van der Waals surface area contributed by atoms with Gasteiger partial charge in [-0.2, -0.15) is 0 Å². The number of likely N-dealkylation sites (N-methyl/N-ethyl adjacent to an activating group) is 1. The first-order valence-corrected chi connectivity index (χ1v) is 8.60. The van der Waals surface area contributed by atoms with Crippen molar-refractivity contribution in [3.8, 4) is 0 Å². The monoisotopic (exact) mass is 284 g/mol. The fraction of sp³-hybridized carbons (Fsp3) is 0.889. The predicted octanol–water partition coefficient (Wildman–Crippen LogP) is 4.67. The molecule has 0 aliphatic carbocycles. The quantitative estimate of drug-likeness (QED) is 0.597. The van der Waals surface area contributed by atoms with Crippen LogP contribution in [0.2, 0.25) is 0 Å². The highest BCUT2D eigenvalue weighted by atomic mass is 15.1. The minimum absolute atomic E-state index is 0.978. The van der Waals surface area contributed by atoms with E-state index in [0.717, 1.165) is 12.5 Å². The molecule has 0 aromatic rings. The molecular weight excluding hydrogens is 244 g/mol. The van der Waals surface area contributed by atoms with Gasteiger partial charge in [-0.15, -0.1) is 0 Å². The molecule has 1 fully saturated rings. The van der Waals surface area contributed by atoms with Gasteiger partial charge in [0.1, 0.15) is 0 Å². The number of hydrogen-bond acceptors (Lipinski definition) is 2. The molecule has 0 unspecified atom stereocenters. The van der Waals surface area contributed by atoms with Crippen molar-refractivity contribution < 1.29 is 0 Å². The summed E-state index contributed by atoms with van der Waals surface area (Å²) in [4.78, 5) is 4.73. The largest absolute Gasteiger partial charge is 0.306 e. The lowest BCUT2D eigenvalue weighted by Gasteiger charge is -2.26. The SMILES string of the molecule is CC.CC.CC1=CCN(C)CC1.CC1CCN(C)CC1. The molecule has 20 heavy (non-hydrogen) atoms. The van der Waals surface area contributed by atoms with Crippen LogP contribution < -0.4 is 0 Å². The van der Waals surface area contributed by atoms with Crippen molar-refractivity contribution in [2.24, 2.45) is 5.92 Å². The maximum atomic E-state index is 2.40. The summed E-state index contributed by atoms with van der Waals surface area (Å²) in [5, 5.41) is 0. The molecule has 0 aromatic heterocycles. The second-order valence-electron chi connectivity index (χ2n) is 5.55. The Hall–Kier alpha value is -0.340. The molecular formula is C18H40N2. The summed E-state index contributed by atoms with van der Waals surface area (Å²) in [6.07, 6.45) is 6.35. The Bertz CT molecular complexity index is 205. The lowest BCUT2D eigenvalue weighted by atomic mass is 10.00. The molecule has 0 amide bonds. The van der Waals surface area contributed by atoms with Crippen molar-refractivity contribution >= 4 is 0 Å². The van der Waals surface area contributed by atoms with Crippen molar-refractivity contribution in [1.82, 2.24) is 9.80 Å². The van der Waals surface area contributed by atoms with Gasteiger partial charge in [-0.25, -0.2) is 0 Å². The van der Waals surface area contributed by atoms with Gasteiger partial charge in [-0.3, -0.25) is 0 Å². The zero-order valence-electron chi connectivity index (χ0n) is 15.5. The maximum Gasteiger partial charge on any atom is 0.0162 e. The van der Waals surface area contributed by atoms with Crippen LogP contribution in [0.25, 0.3) is 0 Å². The number of piperidine rings is 1. The maximum absolute atomic E-state index is 2.40. The summed E-state index contributed by atoms with van der Waals surface area (Å²) < 4.78 is 0. The molecule has 0 spiro atoms. The molecule has 0 saturated carbocycles. The van der Waals surface area contributed by atoms with Crippen LogP contribution in [0.1, 0.15) is 60.8 Å². The van der Waals surface area contributed by atoms with Crippen LogP contribution in [-0.2, 0) is 0 Å². The van der Waals surface area contributed by atoms with Crippen molar-refractivity contribution in [2.75, 3.05) is 40.3 Å². The second kappa shape index (κ2) is 15.1. The van der Waals surface area contributed by atoms with Crippen LogP contribution >= 0.6 is 0 Å². The van der Waals surface area contributed by atoms with Gasteiger partial charge in [0.05, 0.1) is 0 Å². The zero-order valence-corrected chi connectivity index (χ0v) is 15.5. The van der Waals surface area contributed by atoms with Gasteiger partial charge in [0.25, 0.3) is 0 Å². The van der Waals surface area contributed by atoms with Gasteiger partial charge in [0.15, 0.2) is 0 Å². The molecule has 2 heterocycles. The minimum atomic E-state index is 0.978. The van der Waals surface area contributed by atoms with E-state index in [1.54, 1.807) is 5.57 Å². The summed E-state index contributed by atoms with van der Waals surface area (Å²) in [7, 11) is 4.36. The molecule has 0 N–H and O–H groups in total. The Morgan fingerprint density at radius 2 is 1.40 bits per heavy atom. The van der Waals surface area contributed by atoms with Gasteiger partial charge in [-0.05, 0) is 59.3 Å². The van der Waals surface area contributed by atoms with Crippen LogP contribution in [0.5, 0.6) is 0 Å². The van der Waals surface area contributed by atoms with Gasteiger partial charge < -0.3 is 9.80 Å². The molecule has 0 bridgehead atoms. The van der Waals surface area contributed by atoms with E-state index in [1.165, 1.54) is 38.9 Å². The highest BCUT2D eigenvalue weighted by Gasteiger charge is 2.10. The highest BCUT2D eigenvalue weighted by molar-refractivity contribution is 5.02. The van der Waals surface area contributed by atoms with E-state index in [4.69, 9.17) is 0 Å². The lowest BCUT2D eigenvalue weighted by Crippen LogP contribution is -2.28. The standard InChI is InChI=1S/C7H15N.C7H13N.2C2H6/c2*1-7-3-5-8(2)6-4-7;2*1-2/h7H,3-6H2,1-2H3;3H,4-6H2,1-2H3;2*1-2H3. The van der Waals surface area contributed by atoms with Crippen LogP contribution in [0, 0.1) is 5.92 Å². The van der Waals surface area contributed by atoms with E-state index in [2.05, 4.69) is 43.8 Å². The third kappa shape index (κ3) is 12.7. The highest BCUT2D eigenvalue weighted by Crippen LogP contribution is 2.13. The molecule has 0 aromatic carbocycles. The summed E-state index contributed by atoms with van der Waals surface area (Å²) in [6.45, 7) is 17.5. The van der Waals surface area contributed by atoms with Crippen molar-refractivity contribution in [2.45, 2.75) is 60.8 Å². The van der Waals surface area contributed by atoms with Gasteiger partial charge >= 0.3 is 0 Å². The van der Waals surface area contributed by atoms with E-state index in [1.807, 2.05) is 27.7 Å². The Morgan fingerprint density at radius 1 is 0.900 bits per heavy atom. The predicted molar refractivity (Wildman–Crippen MR) is 94.5 cm³/mol. The third-order valence-electron chi connectivity index (χ3n) is 3.65. The second-order valence-corrected chi connectivity index (χ2v) is 5.55. The average molecular weight is 285 g/mol. The average Bonchev–Trinajstić information content (AvgIpc) is 2.50. The Balaban J connectivity index is 0. The van der Waals surface area contributed by atoms with E-state index >= 15 is 0 Å². The molecule has 0 atom stereocenters. The summed E-state index contributed by atoms with van der Waals surface area (Å²) in [6, 6.07) is 0. The first kappa shape index (κ1) is 21.9. The van der Waals surface area contributed by atoms with E-state index in [9.17, 15) is 0 Å². The normalized spacial score (nSPS) is 20.3. The Kier molecular flexibility index (Phi) is 16.5. The number of rotatable bonds is 0. The van der Waals surface area contributed by atoms with E-state index < -0.39 is 0 Å². The molecule has 0 radical (unpaired) electrons. The van der Waals surface area contributed by atoms with Gasteiger partial charge in [-0.1, -0.05) is 46.3 Å². The number of likely N-dealkylation sites (tertiary alicyclic amines) is 1. The topological polar surface area (TPSA) is 6.48 Å². The Morgan fingerprint density at radius 3 is 1.70 bits per heavy atom. The van der Waals surface area contributed by atoms with Gasteiger partial charge in [0, 0.05) is 13.1 Å². The van der Waals surface area contributed by atoms with Crippen molar-refractivity contribution in [1.29, 1.82) is 0 Å². The summed E-state index contributed by atoms with van der Waals surface area (Å²) in [5.41, 5.74) is 1.54. The van der Waals surface area contributed by atoms with E-state index in [0.29, 0.717) is 0 Å². The van der Waals surface area contributed by atoms with Crippen LogP contribution in [0.3, 0.4) is 0 Å². The third-order valence-corrected chi connectivity index (χ3v) is 3.65. The van der Waals surface area contributed by atoms with E-state index in [-0.39, 0.29) is 0 Å². The first-order chi connectivity index (χ1) is 9.58. The zero-order chi connectivity index (χ0) is 16.0. The van der Waals surface area contributed by atoms with Crippen molar-refractivity contribution in [3.63, 3.8) is 0 Å². The molecule has 2 nitrogen and oxygen atoms in total. The van der Waals surface area contributed by atoms with Gasteiger partial charge in [0.2, 0.25) is 0 Å². The Labute approximate surface area is 129 Å². The molecule has 122 valence electrons. The fourth-order valence-electron chi connectivity index (χ4n) is 2.01. The smallest absolute Gasteiger partial charge is 0.0162 e.